The molecule has 14 heteroatoms. The Morgan fingerprint density at radius 3 is 1.54 bits per heavy atom. The van der Waals surface area contributed by atoms with E-state index in [1.165, 1.54) is 0 Å². The zero-order chi connectivity index (χ0) is 53.7. The molecule has 2 saturated heterocycles. The van der Waals surface area contributed by atoms with E-state index in [1.807, 2.05) is 117 Å². The molecule has 2 N–H and O–H groups in total. The summed E-state index contributed by atoms with van der Waals surface area (Å²) in [4.78, 5) is 86.4. The minimum Gasteiger partial charge on any atom is -0.459 e. The van der Waals surface area contributed by atoms with Gasteiger partial charge in [-0.25, -0.2) is 9.59 Å². The van der Waals surface area contributed by atoms with Crippen LogP contribution in [0.25, 0.3) is 11.1 Å². The molecule has 0 radical (unpaired) electrons. The Balaban J connectivity index is 0.969. The lowest BCUT2D eigenvalue weighted by Crippen LogP contribution is -2.56. The topological polar surface area (TPSA) is 170 Å². The third-order valence-electron chi connectivity index (χ3n) is 13.4. The van der Waals surface area contributed by atoms with Gasteiger partial charge in [-0.15, -0.1) is 0 Å². The largest absolute Gasteiger partial charge is 0.459 e. The molecule has 3 unspecified atom stereocenters. The number of allylic oxidation sites excluding steroid dienone is 3. The van der Waals surface area contributed by atoms with Crippen LogP contribution < -0.4 is 10.6 Å². The van der Waals surface area contributed by atoms with E-state index >= 15 is 0 Å². The fourth-order valence-electron chi connectivity index (χ4n) is 9.03. The van der Waals surface area contributed by atoms with E-state index in [4.69, 9.17) is 18.9 Å². The summed E-state index contributed by atoms with van der Waals surface area (Å²) in [6.07, 6.45) is 11.0. The minimum atomic E-state index is -1.21. The van der Waals surface area contributed by atoms with Crippen LogP contribution in [0.2, 0.25) is 0 Å². The Labute approximate surface area is 445 Å². The molecule has 0 spiro atoms. The van der Waals surface area contributed by atoms with Crippen molar-refractivity contribution in [1.29, 1.82) is 0 Å². The number of piperidine rings is 2. The van der Waals surface area contributed by atoms with Gasteiger partial charge < -0.3 is 39.4 Å². The van der Waals surface area contributed by atoms with Crippen molar-refractivity contribution in [3.8, 4) is 11.1 Å². The van der Waals surface area contributed by atoms with E-state index in [9.17, 15) is 28.8 Å². The maximum atomic E-state index is 14.1. The van der Waals surface area contributed by atoms with Crippen LogP contribution in [0.15, 0.2) is 170 Å². The summed E-state index contributed by atoms with van der Waals surface area (Å²) in [5.74, 6) is -2.91. The molecule has 0 saturated carbocycles. The van der Waals surface area contributed by atoms with Crippen molar-refractivity contribution in [2.24, 2.45) is 0 Å². The molecule has 14 nitrogen and oxygen atoms in total. The van der Waals surface area contributed by atoms with Crippen molar-refractivity contribution in [2.45, 2.75) is 96.4 Å². The number of rotatable bonds is 23. The summed E-state index contributed by atoms with van der Waals surface area (Å²) in [7, 11) is 0. The normalized spacial score (nSPS) is 16.5. The van der Waals surface area contributed by atoms with Gasteiger partial charge in [0, 0.05) is 24.2 Å². The number of benzene rings is 5. The number of aryl methyl sites for hydroxylation is 1. The lowest BCUT2D eigenvalue weighted by molar-refractivity contribution is -0.152. The van der Waals surface area contributed by atoms with Crippen LogP contribution in [-0.2, 0) is 57.9 Å². The molecule has 0 bridgehead atoms. The lowest BCUT2D eigenvalue weighted by atomic mass is 9.98. The predicted molar refractivity (Wildman–Crippen MR) is 290 cm³/mol. The summed E-state index contributed by atoms with van der Waals surface area (Å²) >= 11 is 0. The highest BCUT2D eigenvalue weighted by molar-refractivity contribution is 5.99. The SMILES string of the molecule is C=C/C(=C\C=C/C)COCC(NC(=O)C1CCCCN1C(=O)c1ccc(-c2ccccc2)cc1)C(=O)OCc1ccc(COC(=O)[C@H](COCc2ccccc2)NC(=O)C2CCCCN2C(=O)c2ccc(C)cc2)cc1. The monoisotopic (exact) mass is 1030 g/mol. The first-order valence-corrected chi connectivity index (χ1v) is 26.0. The van der Waals surface area contributed by atoms with Gasteiger partial charge in [0.2, 0.25) is 11.8 Å². The second kappa shape index (κ2) is 28.7. The number of amides is 4. The van der Waals surface area contributed by atoms with Crippen LogP contribution in [0.4, 0.5) is 0 Å². The Morgan fingerprint density at radius 2 is 1.04 bits per heavy atom. The third-order valence-corrected chi connectivity index (χ3v) is 13.4. The second-order valence-electron chi connectivity index (χ2n) is 19.0. The zero-order valence-electron chi connectivity index (χ0n) is 43.4. The molecule has 5 aromatic rings. The van der Waals surface area contributed by atoms with Crippen molar-refractivity contribution in [3.63, 3.8) is 0 Å². The van der Waals surface area contributed by atoms with E-state index in [0.29, 0.717) is 48.2 Å². The smallest absolute Gasteiger partial charge is 0.331 e. The fraction of sp³-hybridized carbons (Fsp3) is 0.323. The van der Waals surface area contributed by atoms with Crippen LogP contribution in [0.1, 0.15) is 88.4 Å². The summed E-state index contributed by atoms with van der Waals surface area (Å²) in [5, 5.41) is 5.68. The highest BCUT2D eigenvalue weighted by Gasteiger charge is 2.37. The first-order chi connectivity index (χ1) is 37.0. The van der Waals surface area contributed by atoms with Gasteiger partial charge in [0.05, 0.1) is 26.4 Å². The number of nitrogens with zero attached hydrogens (tertiary/aromatic N) is 2. The van der Waals surface area contributed by atoms with Crippen molar-refractivity contribution in [2.75, 3.05) is 32.9 Å². The van der Waals surface area contributed by atoms with Crippen molar-refractivity contribution in [1.82, 2.24) is 20.4 Å². The van der Waals surface area contributed by atoms with E-state index in [2.05, 4.69) is 17.2 Å². The van der Waals surface area contributed by atoms with Gasteiger partial charge in [0.25, 0.3) is 11.8 Å². The van der Waals surface area contributed by atoms with Gasteiger partial charge in [-0.2, -0.15) is 0 Å². The molecule has 396 valence electrons. The van der Waals surface area contributed by atoms with Gasteiger partial charge in [-0.05, 0) is 110 Å². The molecular formula is C62H68N4O10. The van der Waals surface area contributed by atoms with E-state index < -0.39 is 47.9 Å². The van der Waals surface area contributed by atoms with Crippen molar-refractivity contribution >= 4 is 35.6 Å². The fourth-order valence-corrected chi connectivity index (χ4v) is 9.03. The molecule has 4 amide bonds. The number of carbonyl (C=O) groups excluding carboxylic acids is 6. The number of carbonyl (C=O) groups is 6. The van der Waals surface area contributed by atoms with E-state index in [-0.39, 0.29) is 51.5 Å². The van der Waals surface area contributed by atoms with Gasteiger partial charge in [-0.1, -0.05) is 146 Å². The summed E-state index contributed by atoms with van der Waals surface area (Å²) < 4.78 is 23.4. The summed E-state index contributed by atoms with van der Waals surface area (Å²) in [6.45, 7) is 8.13. The lowest BCUT2D eigenvalue weighted by Gasteiger charge is -2.35. The maximum absolute atomic E-state index is 14.1. The Bertz CT molecular complexity index is 2800. The standard InChI is InChI=1S/C62H68N4O10/c1-4-6-17-45(5-2)38-73-42-53(63-58(68)56-23-14-16-37-66(56)60(70)52-34-32-50(33-35-52)49-20-11-8-12-21-49)61(71)75-40-47-26-28-48(29-27-47)41-76-62(72)54(43-74-39-46-18-9-7-10-19-46)64-57(67)55-22-13-15-36-65(55)59(69)51-30-24-44(3)25-31-51/h4-12,17-21,24-35,53-56H,2,13-16,22-23,36-43H2,1,3H3,(H,63,68)(H,64,67)/b6-4-,45-17+/t53?,54-,55?,56?/m0/s1. The molecule has 0 aromatic heterocycles. The quantitative estimate of drug-likeness (QED) is 0.0476. The Kier molecular flexibility index (Phi) is 21.0. The first-order valence-electron chi connectivity index (χ1n) is 26.0. The van der Waals surface area contributed by atoms with Crippen LogP contribution in [0.3, 0.4) is 0 Å². The summed E-state index contributed by atoms with van der Waals surface area (Å²) in [6, 6.07) is 36.8. The summed E-state index contributed by atoms with van der Waals surface area (Å²) in [5.41, 5.74) is 6.85. The average Bonchev–Trinajstić information content (AvgIpc) is 3.46. The van der Waals surface area contributed by atoms with Gasteiger partial charge in [-0.3, -0.25) is 19.2 Å². The average molecular weight is 1030 g/mol. The number of hydrogen-bond donors (Lipinski definition) is 2. The first kappa shape index (κ1) is 55.8. The number of hydrogen-bond acceptors (Lipinski definition) is 10. The van der Waals surface area contributed by atoms with Crippen LogP contribution >= 0.6 is 0 Å². The Morgan fingerprint density at radius 1 is 0.579 bits per heavy atom. The molecule has 2 fully saturated rings. The van der Waals surface area contributed by atoms with Crippen LogP contribution in [0, 0.1) is 6.92 Å². The molecule has 2 aliphatic rings. The van der Waals surface area contributed by atoms with E-state index in [1.54, 1.807) is 64.4 Å². The van der Waals surface area contributed by atoms with Gasteiger partial charge in [0.15, 0.2) is 12.1 Å². The van der Waals surface area contributed by atoms with Gasteiger partial charge >= 0.3 is 11.9 Å². The molecule has 2 aliphatic heterocycles. The number of nitrogens with one attached hydrogen (secondary N) is 2. The van der Waals surface area contributed by atoms with Crippen LogP contribution in [-0.4, -0.2) is 102 Å². The molecule has 0 aliphatic carbocycles. The molecule has 5 aromatic carbocycles. The molecular weight excluding hydrogens is 961 g/mol. The van der Waals surface area contributed by atoms with Gasteiger partial charge in [0.1, 0.15) is 25.3 Å². The molecule has 4 atom stereocenters. The number of ether oxygens (including phenoxy) is 4. The number of likely N-dealkylation sites (tertiary alicyclic amines) is 2. The Hall–Kier alpha value is -7.94. The zero-order valence-corrected chi connectivity index (χ0v) is 43.4. The van der Waals surface area contributed by atoms with Crippen molar-refractivity contribution in [3.05, 3.63) is 203 Å². The van der Waals surface area contributed by atoms with E-state index in [0.717, 1.165) is 53.5 Å². The second-order valence-corrected chi connectivity index (χ2v) is 19.0. The van der Waals surface area contributed by atoms with Crippen molar-refractivity contribution < 1.29 is 47.7 Å². The predicted octanol–water partition coefficient (Wildman–Crippen LogP) is 9.03. The highest BCUT2D eigenvalue weighted by atomic mass is 16.5. The minimum absolute atomic E-state index is 0.120. The third kappa shape index (κ3) is 16.0. The number of esters is 2. The highest BCUT2D eigenvalue weighted by Crippen LogP contribution is 2.25. The molecule has 7 rings (SSSR count). The van der Waals surface area contributed by atoms with Crippen LogP contribution in [0.5, 0.6) is 0 Å². The maximum Gasteiger partial charge on any atom is 0.331 e. The molecule has 2 heterocycles. The molecule has 76 heavy (non-hydrogen) atoms.